The molecular formula is C20H21F3N2O2. The number of alkyl halides is 3. The lowest BCUT2D eigenvalue weighted by atomic mass is 9.87. The summed E-state index contributed by atoms with van der Waals surface area (Å²) in [5.41, 5.74) is -0.278. The monoisotopic (exact) mass is 378 g/mol. The average Bonchev–Trinajstić information content (AvgIpc) is 2.95. The molecule has 1 aromatic heterocycles. The Labute approximate surface area is 155 Å². The normalized spacial score (nSPS) is 20.7. The van der Waals surface area contributed by atoms with Gasteiger partial charge in [0.2, 0.25) is 0 Å². The minimum atomic E-state index is -4.39. The van der Waals surface area contributed by atoms with Crippen molar-refractivity contribution in [3.63, 3.8) is 0 Å². The van der Waals surface area contributed by atoms with E-state index in [-0.39, 0.29) is 17.5 Å². The Morgan fingerprint density at radius 2 is 2.00 bits per heavy atom. The van der Waals surface area contributed by atoms with Crippen molar-refractivity contribution in [1.82, 2.24) is 9.88 Å². The van der Waals surface area contributed by atoms with Crippen molar-refractivity contribution in [2.24, 2.45) is 0 Å². The molecule has 0 bridgehead atoms. The van der Waals surface area contributed by atoms with Crippen LogP contribution in [0.25, 0.3) is 0 Å². The molecule has 0 aliphatic carbocycles. The van der Waals surface area contributed by atoms with E-state index in [1.165, 1.54) is 24.4 Å². The molecule has 144 valence electrons. The van der Waals surface area contributed by atoms with Crippen molar-refractivity contribution >= 4 is 5.97 Å². The molecule has 27 heavy (non-hydrogen) atoms. The summed E-state index contributed by atoms with van der Waals surface area (Å²) < 4.78 is 40.0. The lowest BCUT2D eigenvalue weighted by Gasteiger charge is -2.36. The first kappa shape index (κ1) is 19.4. The van der Waals surface area contributed by atoms with Gasteiger partial charge in [-0.1, -0.05) is 18.2 Å². The molecule has 1 aromatic carbocycles. The number of likely N-dealkylation sites (tertiary alicyclic amines) is 1. The summed E-state index contributed by atoms with van der Waals surface area (Å²) in [4.78, 5) is 17.7. The summed E-state index contributed by atoms with van der Waals surface area (Å²) in [7, 11) is 0. The maximum Gasteiger partial charge on any atom is 0.416 e. The Morgan fingerprint density at radius 1 is 1.26 bits per heavy atom. The number of hydrogen-bond acceptors (Lipinski definition) is 3. The molecule has 2 heterocycles. The first-order valence-corrected chi connectivity index (χ1v) is 8.78. The molecule has 7 heteroatoms. The lowest BCUT2D eigenvalue weighted by molar-refractivity contribution is -0.138. The molecule has 2 aromatic rings. The van der Waals surface area contributed by atoms with Crippen LogP contribution < -0.4 is 0 Å². The SMILES string of the molecule is CC1(Cc2ccccc2C(F)(F)F)CCCN1Cc1ncccc1C(=O)O. The summed E-state index contributed by atoms with van der Waals surface area (Å²) in [6, 6.07) is 8.71. The summed E-state index contributed by atoms with van der Waals surface area (Å²) in [5.74, 6) is -1.05. The number of carbonyl (C=O) groups is 1. The summed E-state index contributed by atoms with van der Waals surface area (Å²) in [6.45, 7) is 2.93. The Kier molecular flexibility index (Phi) is 5.24. The number of carboxylic acids is 1. The van der Waals surface area contributed by atoms with Crippen LogP contribution in [-0.2, 0) is 19.1 Å². The highest BCUT2D eigenvalue weighted by atomic mass is 19.4. The van der Waals surface area contributed by atoms with Gasteiger partial charge in [0, 0.05) is 18.3 Å². The van der Waals surface area contributed by atoms with Gasteiger partial charge in [0.1, 0.15) is 0 Å². The fourth-order valence-electron chi connectivity index (χ4n) is 3.85. The molecule has 0 saturated carbocycles. The first-order valence-electron chi connectivity index (χ1n) is 8.78. The Morgan fingerprint density at radius 3 is 2.70 bits per heavy atom. The molecule has 1 N–H and O–H groups in total. The van der Waals surface area contributed by atoms with E-state index in [1.54, 1.807) is 12.1 Å². The van der Waals surface area contributed by atoms with Crippen LogP contribution in [0.3, 0.4) is 0 Å². The maximum atomic E-state index is 13.3. The van der Waals surface area contributed by atoms with Crippen molar-refractivity contribution in [2.45, 2.75) is 44.4 Å². The van der Waals surface area contributed by atoms with Gasteiger partial charge in [0.15, 0.2) is 0 Å². The van der Waals surface area contributed by atoms with Gasteiger partial charge < -0.3 is 5.11 Å². The molecule has 0 radical (unpaired) electrons. The van der Waals surface area contributed by atoms with E-state index < -0.39 is 23.2 Å². The molecule has 1 aliphatic heterocycles. The van der Waals surface area contributed by atoms with Crippen LogP contribution in [0, 0.1) is 0 Å². The van der Waals surface area contributed by atoms with Crippen molar-refractivity contribution < 1.29 is 23.1 Å². The van der Waals surface area contributed by atoms with Gasteiger partial charge in [0.25, 0.3) is 0 Å². The Hall–Kier alpha value is -2.41. The number of halogens is 3. The minimum absolute atomic E-state index is 0.127. The van der Waals surface area contributed by atoms with Gasteiger partial charge in [-0.05, 0) is 56.5 Å². The van der Waals surface area contributed by atoms with E-state index in [0.29, 0.717) is 18.8 Å². The molecule has 1 atom stereocenters. The molecule has 0 amide bonds. The topological polar surface area (TPSA) is 53.4 Å². The molecule has 1 saturated heterocycles. The fraction of sp³-hybridized carbons (Fsp3) is 0.400. The number of aromatic nitrogens is 1. The van der Waals surface area contributed by atoms with Gasteiger partial charge in [-0.3, -0.25) is 9.88 Å². The standard InChI is InChI=1S/C20H21F3N2O2/c1-19(12-14-6-2-3-8-16(14)20(21,22)23)9-5-11-25(19)13-17-15(18(26)27)7-4-10-24-17/h2-4,6-8,10H,5,9,11-13H2,1H3,(H,26,27). The van der Waals surface area contributed by atoms with Crippen LogP contribution in [-0.4, -0.2) is 33.0 Å². The minimum Gasteiger partial charge on any atom is -0.478 e. The summed E-state index contributed by atoms with van der Waals surface area (Å²) in [5, 5.41) is 9.35. The number of carboxylic acid groups (broad SMARTS) is 1. The van der Waals surface area contributed by atoms with Gasteiger partial charge in [-0.25, -0.2) is 4.79 Å². The van der Waals surface area contributed by atoms with E-state index in [0.717, 1.165) is 18.9 Å². The molecule has 3 rings (SSSR count). The molecule has 1 aliphatic rings. The third kappa shape index (κ3) is 4.13. The maximum absolute atomic E-state index is 13.3. The lowest BCUT2D eigenvalue weighted by Crippen LogP contribution is -2.43. The predicted molar refractivity (Wildman–Crippen MR) is 94.4 cm³/mol. The zero-order valence-corrected chi connectivity index (χ0v) is 15.0. The smallest absolute Gasteiger partial charge is 0.416 e. The van der Waals surface area contributed by atoms with Crippen LogP contribution in [0.5, 0.6) is 0 Å². The van der Waals surface area contributed by atoms with Crippen molar-refractivity contribution in [2.75, 3.05) is 6.54 Å². The van der Waals surface area contributed by atoms with Crippen molar-refractivity contribution in [3.8, 4) is 0 Å². The molecular weight excluding hydrogens is 357 g/mol. The quantitative estimate of drug-likeness (QED) is 0.838. The van der Waals surface area contributed by atoms with Crippen LogP contribution >= 0.6 is 0 Å². The highest BCUT2D eigenvalue weighted by Gasteiger charge is 2.40. The van der Waals surface area contributed by atoms with Crippen LogP contribution in [0.2, 0.25) is 0 Å². The second-order valence-electron chi connectivity index (χ2n) is 7.16. The number of hydrogen-bond donors (Lipinski definition) is 1. The van der Waals surface area contributed by atoms with Gasteiger partial charge in [-0.2, -0.15) is 13.2 Å². The van der Waals surface area contributed by atoms with Crippen molar-refractivity contribution in [1.29, 1.82) is 0 Å². The van der Waals surface area contributed by atoms with E-state index in [4.69, 9.17) is 0 Å². The molecule has 1 fully saturated rings. The van der Waals surface area contributed by atoms with Gasteiger partial charge >= 0.3 is 12.1 Å². The number of aromatic carboxylic acids is 1. The predicted octanol–water partition coefficient (Wildman–Crippen LogP) is 4.40. The van der Waals surface area contributed by atoms with E-state index in [9.17, 15) is 23.1 Å². The second-order valence-corrected chi connectivity index (χ2v) is 7.16. The van der Waals surface area contributed by atoms with Gasteiger partial charge in [0.05, 0.1) is 16.8 Å². The molecule has 4 nitrogen and oxygen atoms in total. The number of rotatable bonds is 5. The zero-order chi connectivity index (χ0) is 19.7. The zero-order valence-electron chi connectivity index (χ0n) is 15.0. The fourth-order valence-corrected chi connectivity index (χ4v) is 3.85. The Bertz CT molecular complexity index is 838. The highest BCUT2D eigenvalue weighted by molar-refractivity contribution is 5.88. The largest absolute Gasteiger partial charge is 0.478 e. The second kappa shape index (κ2) is 7.31. The van der Waals surface area contributed by atoms with Crippen molar-refractivity contribution in [3.05, 3.63) is 65.0 Å². The number of benzene rings is 1. The number of pyridine rings is 1. The third-order valence-corrected chi connectivity index (χ3v) is 5.26. The summed E-state index contributed by atoms with van der Waals surface area (Å²) >= 11 is 0. The van der Waals surface area contributed by atoms with Crippen LogP contribution in [0.15, 0.2) is 42.6 Å². The van der Waals surface area contributed by atoms with E-state index in [1.807, 2.05) is 6.92 Å². The van der Waals surface area contributed by atoms with E-state index in [2.05, 4.69) is 9.88 Å². The molecule has 1 unspecified atom stereocenters. The van der Waals surface area contributed by atoms with Crippen LogP contribution in [0.1, 0.15) is 46.9 Å². The summed E-state index contributed by atoms with van der Waals surface area (Å²) in [6.07, 6.45) is -1.02. The van der Waals surface area contributed by atoms with Gasteiger partial charge in [-0.15, -0.1) is 0 Å². The third-order valence-electron chi connectivity index (χ3n) is 5.26. The van der Waals surface area contributed by atoms with Crippen LogP contribution in [0.4, 0.5) is 13.2 Å². The molecule has 0 spiro atoms. The first-order chi connectivity index (χ1) is 12.7. The number of nitrogens with zero attached hydrogens (tertiary/aromatic N) is 2. The highest BCUT2D eigenvalue weighted by Crippen LogP contribution is 2.38. The average molecular weight is 378 g/mol. The van der Waals surface area contributed by atoms with E-state index >= 15 is 0 Å². The Balaban J connectivity index is 1.87.